The van der Waals surface area contributed by atoms with Crippen LogP contribution >= 0.6 is 11.3 Å². The lowest BCUT2D eigenvalue weighted by Gasteiger charge is -2.16. The molecular weight excluding hydrogens is 308 g/mol. The second-order valence-corrected chi connectivity index (χ2v) is 8.03. The molecule has 3 heterocycles. The molecule has 0 saturated carbocycles. The fourth-order valence-electron chi connectivity index (χ4n) is 2.41. The van der Waals surface area contributed by atoms with Crippen molar-refractivity contribution in [3.05, 3.63) is 35.5 Å². The van der Waals surface area contributed by atoms with E-state index in [1.54, 1.807) is 11.3 Å². The molecule has 23 heavy (non-hydrogen) atoms. The van der Waals surface area contributed by atoms with E-state index in [9.17, 15) is 4.79 Å². The topological polar surface area (TPSA) is 59.3 Å². The number of carbonyl (C=O) groups is 1. The molecule has 3 rings (SSSR count). The standard InChI is InChI=1S/C17H20N4OS/c1-11-10-18-16(23-11)14-15(20-13(22)9-17(2,3)4)19-12-7-5-6-8-21(12)14/h5-8,10H,9H2,1-4H3,(H,20,22). The van der Waals surface area contributed by atoms with Crippen molar-refractivity contribution in [3.8, 4) is 10.7 Å². The summed E-state index contributed by atoms with van der Waals surface area (Å²) in [4.78, 5) is 22.5. The van der Waals surface area contributed by atoms with Gasteiger partial charge >= 0.3 is 0 Å². The lowest BCUT2D eigenvalue weighted by atomic mass is 9.92. The van der Waals surface area contributed by atoms with Crippen LogP contribution in [0.25, 0.3) is 16.3 Å². The first-order valence-electron chi connectivity index (χ1n) is 7.53. The second-order valence-electron chi connectivity index (χ2n) is 6.80. The average Bonchev–Trinajstić information content (AvgIpc) is 2.99. The molecule has 3 aromatic heterocycles. The monoisotopic (exact) mass is 328 g/mol. The van der Waals surface area contributed by atoms with Gasteiger partial charge in [-0.25, -0.2) is 9.97 Å². The van der Waals surface area contributed by atoms with Crippen LogP contribution < -0.4 is 5.32 Å². The number of nitrogens with one attached hydrogen (secondary N) is 1. The van der Waals surface area contributed by atoms with Crippen LogP contribution in [0, 0.1) is 12.3 Å². The third-order valence-electron chi connectivity index (χ3n) is 3.30. The third kappa shape index (κ3) is 3.42. The predicted molar refractivity (Wildman–Crippen MR) is 93.7 cm³/mol. The molecule has 0 aliphatic carbocycles. The largest absolute Gasteiger partial charge is 0.309 e. The maximum absolute atomic E-state index is 12.3. The number of rotatable bonds is 3. The SMILES string of the molecule is Cc1cnc(-c2c(NC(=O)CC(C)(C)C)nc3ccccn23)s1. The Morgan fingerprint density at radius 3 is 2.78 bits per heavy atom. The minimum absolute atomic E-state index is 0.0320. The van der Waals surface area contributed by atoms with Gasteiger partial charge in [0.25, 0.3) is 0 Å². The molecule has 0 atom stereocenters. The van der Waals surface area contributed by atoms with Crippen LogP contribution in [0.3, 0.4) is 0 Å². The fourth-order valence-corrected chi connectivity index (χ4v) is 3.22. The van der Waals surface area contributed by atoms with Gasteiger partial charge in [-0.3, -0.25) is 9.20 Å². The molecule has 5 nitrogen and oxygen atoms in total. The average molecular weight is 328 g/mol. The first kappa shape index (κ1) is 15.7. The van der Waals surface area contributed by atoms with Crippen LogP contribution in [0.5, 0.6) is 0 Å². The van der Waals surface area contributed by atoms with Crippen molar-refractivity contribution in [1.29, 1.82) is 0 Å². The van der Waals surface area contributed by atoms with Gasteiger partial charge in [0.15, 0.2) is 5.82 Å². The molecule has 0 radical (unpaired) electrons. The molecule has 1 amide bonds. The molecule has 6 heteroatoms. The van der Waals surface area contributed by atoms with Gasteiger partial charge in [0.1, 0.15) is 16.3 Å². The fraction of sp³-hybridized carbons (Fsp3) is 0.353. The maximum Gasteiger partial charge on any atom is 0.226 e. The van der Waals surface area contributed by atoms with E-state index in [0.29, 0.717) is 12.2 Å². The van der Waals surface area contributed by atoms with Crippen LogP contribution in [0.4, 0.5) is 5.82 Å². The zero-order valence-corrected chi connectivity index (χ0v) is 14.6. The van der Waals surface area contributed by atoms with Crippen molar-refractivity contribution < 1.29 is 4.79 Å². The van der Waals surface area contributed by atoms with E-state index in [2.05, 4.69) is 15.3 Å². The van der Waals surface area contributed by atoms with Gasteiger partial charge in [-0.1, -0.05) is 26.8 Å². The Bertz CT molecular complexity index is 857. The molecule has 0 aromatic carbocycles. The third-order valence-corrected chi connectivity index (χ3v) is 4.22. The number of aromatic nitrogens is 3. The lowest BCUT2D eigenvalue weighted by Crippen LogP contribution is -2.20. The highest BCUT2D eigenvalue weighted by Crippen LogP contribution is 2.32. The van der Waals surface area contributed by atoms with Crippen molar-refractivity contribution in [3.63, 3.8) is 0 Å². The normalized spacial score (nSPS) is 11.8. The second kappa shape index (κ2) is 5.77. The van der Waals surface area contributed by atoms with E-state index in [1.807, 2.05) is 62.7 Å². The van der Waals surface area contributed by atoms with Gasteiger partial charge < -0.3 is 5.32 Å². The number of nitrogens with zero attached hydrogens (tertiary/aromatic N) is 3. The molecule has 0 bridgehead atoms. The Balaban J connectivity index is 2.04. The first-order valence-corrected chi connectivity index (χ1v) is 8.35. The Morgan fingerprint density at radius 2 is 2.13 bits per heavy atom. The number of hydrogen-bond donors (Lipinski definition) is 1. The molecule has 0 unspecified atom stereocenters. The Kier molecular flexibility index (Phi) is 3.93. The highest BCUT2D eigenvalue weighted by atomic mass is 32.1. The molecule has 1 N–H and O–H groups in total. The zero-order chi connectivity index (χ0) is 16.6. The van der Waals surface area contributed by atoms with Crippen molar-refractivity contribution in [1.82, 2.24) is 14.4 Å². The number of carbonyl (C=O) groups excluding carboxylic acids is 1. The van der Waals surface area contributed by atoms with Crippen molar-refractivity contribution in [2.45, 2.75) is 34.1 Å². The van der Waals surface area contributed by atoms with E-state index in [1.165, 1.54) is 0 Å². The quantitative estimate of drug-likeness (QED) is 0.786. The molecular formula is C17H20N4OS. The van der Waals surface area contributed by atoms with Gasteiger partial charge in [0.05, 0.1) is 0 Å². The number of anilines is 1. The number of imidazole rings is 1. The number of hydrogen-bond acceptors (Lipinski definition) is 4. The van der Waals surface area contributed by atoms with Crippen molar-refractivity contribution >= 4 is 28.7 Å². The summed E-state index contributed by atoms with van der Waals surface area (Å²) in [6, 6.07) is 5.79. The zero-order valence-electron chi connectivity index (χ0n) is 13.8. The molecule has 3 aromatic rings. The Morgan fingerprint density at radius 1 is 1.35 bits per heavy atom. The molecule has 0 aliphatic rings. The highest BCUT2D eigenvalue weighted by molar-refractivity contribution is 7.15. The van der Waals surface area contributed by atoms with Crippen molar-refractivity contribution in [2.75, 3.05) is 5.32 Å². The van der Waals surface area contributed by atoms with E-state index in [-0.39, 0.29) is 11.3 Å². The number of thiazole rings is 1. The first-order chi connectivity index (χ1) is 10.8. The van der Waals surface area contributed by atoms with E-state index in [4.69, 9.17) is 0 Å². The van der Waals surface area contributed by atoms with E-state index < -0.39 is 0 Å². The van der Waals surface area contributed by atoms with Gasteiger partial charge in [0.2, 0.25) is 5.91 Å². The number of amides is 1. The van der Waals surface area contributed by atoms with Gasteiger partial charge in [0, 0.05) is 23.7 Å². The van der Waals surface area contributed by atoms with Crippen LogP contribution in [0.2, 0.25) is 0 Å². The maximum atomic E-state index is 12.3. The summed E-state index contributed by atoms with van der Waals surface area (Å²) in [7, 11) is 0. The predicted octanol–water partition coefficient (Wildman–Crippen LogP) is 4.14. The lowest BCUT2D eigenvalue weighted by molar-refractivity contribution is -0.117. The minimum atomic E-state index is -0.0683. The van der Waals surface area contributed by atoms with Gasteiger partial charge in [-0.05, 0) is 24.5 Å². The van der Waals surface area contributed by atoms with E-state index in [0.717, 1.165) is 21.2 Å². The van der Waals surface area contributed by atoms with Gasteiger partial charge in [-0.2, -0.15) is 0 Å². The van der Waals surface area contributed by atoms with Crippen LogP contribution in [-0.4, -0.2) is 20.3 Å². The number of pyridine rings is 1. The number of fused-ring (bicyclic) bond motifs is 1. The summed E-state index contributed by atoms with van der Waals surface area (Å²) >= 11 is 1.59. The summed E-state index contributed by atoms with van der Waals surface area (Å²) in [6.07, 6.45) is 4.22. The summed E-state index contributed by atoms with van der Waals surface area (Å²) in [5.74, 6) is 0.537. The molecule has 0 aliphatic heterocycles. The Hall–Kier alpha value is -2.21. The summed E-state index contributed by atoms with van der Waals surface area (Å²) < 4.78 is 1.96. The Labute approximate surface area is 139 Å². The smallest absolute Gasteiger partial charge is 0.226 e. The summed E-state index contributed by atoms with van der Waals surface area (Å²) in [5.41, 5.74) is 1.56. The van der Waals surface area contributed by atoms with Crippen LogP contribution in [-0.2, 0) is 4.79 Å². The highest BCUT2D eigenvalue weighted by Gasteiger charge is 2.21. The molecule has 0 fully saturated rings. The summed E-state index contributed by atoms with van der Waals surface area (Å²) in [6.45, 7) is 8.15. The van der Waals surface area contributed by atoms with Crippen LogP contribution in [0.15, 0.2) is 30.6 Å². The number of aryl methyl sites for hydroxylation is 1. The molecule has 0 spiro atoms. The van der Waals surface area contributed by atoms with Crippen LogP contribution in [0.1, 0.15) is 32.1 Å². The van der Waals surface area contributed by atoms with Crippen molar-refractivity contribution in [2.24, 2.45) is 5.41 Å². The summed E-state index contributed by atoms with van der Waals surface area (Å²) in [5, 5.41) is 3.81. The van der Waals surface area contributed by atoms with Gasteiger partial charge in [-0.15, -0.1) is 11.3 Å². The molecule has 120 valence electrons. The minimum Gasteiger partial charge on any atom is -0.309 e. The van der Waals surface area contributed by atoms with E-state index >= 15 is 0 Å². The molecule has 0 saturated heterocycles.